The van der Waals surface area contributed by atoms with Crippen LogP contribution in [-0.4, -0.2) is 42.8 Å². The molecule has 0 aromatic heterocycles. The zero-order valence-corrected chi connectivity index (χ0v) is 17.8. The second-order valence-electron chi connectivity index (χ2n) is 7.84. The molecule has 1 atom stereocenters. The average molecular weight is 393 g/mol. The molecule has 1 aliphatic rings. The van der Waals surface area contributed by atoms with Crippen molar-refractivity contribution in [1.82, 2.24) is 10.2 Å². The van der Waals surface area contributed by atoms with E-state index in [4.69, 9.17) is 0 Å². The van der Waals surface area contributed by atoms with E-state index in [0.717, 1.165) is 50.1 Å². The van der Waals surface area contributed by atoms with Crippen LogP contribution in [0.1, 0.15) is 71.4 Å². The van der Waals surface area contributed by atoms with Gasteiger partial charge in [0.15, 0.2) is 5.78 Å². The van der Waals surface area contributed by atoms with Crippen molar-refractivity contribution >= 4 is 11.7 Å². The third-order valence-corrected chi connectivity index (χ3v) is 6.10. The quantitative estimate of drug-likeness (QED) is 0.706. The lowest BCUT2D eigenvalue weighted by Gasteiger charge is -2.32. The van der Waals surface area contributed by atoms with Crippen molar-refractivity contribution in [3.05, 3.63) is 70.8 Å². The Labute approximate surface area is 174 Å². The van der Waals surface area contributed by atoms with Crippen molar-refractivity contribution < 1.29 is 9.59 Å². The Balaban J connectivity index is 1.91. The topological polar surface area (TPSA) is 49.4 Å². The first-order chi connectivity index (χ1) is 14.0. The van der Waals surface area contributed by atoms with E-state index in [1.807, 2.05) is 43.0 Å². The van der Waals surface area contributed by atoms with E-state index in [9.17, 15) is 9.59 Å². The molecule has 29 heavy (non-hydrogen) atoms. The molecule has 2 aromatic carbocycles. The number of hydrogen-bond donors (Lipinski definition) is 1. The van der Waals surface area contributed by atoms with E-state index >= 15 is 0 Å². The molecule has 1 fully saturated rings. The summed E-state index contributed by atoms with van der Waals surface area (Å²) in [4.78, 5) is 26.2. The number of benzene rings is 2. The highest BCUT2D eigenvalue weighted by Gasteiger charge is 2.27. The molecule has 3 rings (SSSR count). The predicted octanol–water partition coefficient (Wildman–Crippen LogP) is 4.50. The first kappa shape index (κ1) is 21.3. The molecule has 0 saturated carbocycles. The molecular formula is C25H32N2O2. The molecular weight excluding hydrogens is 360 g/mol. The van der Waals surface area contributed by atoms with E-state index in [1.165, 1.54) is 11.1 Å². The summed E-state index contributed by atoms with van der Waals surface area (Å²) in [5.74, 6) is 1.000. The number of ketones is 1. The SMILES string of the molecule is CCN(CC)C(=O)c1ccc(C(c2ccc(C(C)=O)cc2)C2CCNCC2)cc1. The lowest BCUT2D eigenvalue weighted by Crippen LogP contribution is -2.31. The number of carbonyl (C=O) groups is 2. The van der Waals surface area contributed by atoms with Crippen LogP contribution in [0, 0.1) is 5.92 Å². The molecule has 4 heteroatoms. The maximum atomic E-state index is 12.6. The van der Waals surface area contributed by atoms with Crippen molar-refractivity contribution in [3.63, 3.8) is 0 Å². The van der Waals surface area contributed by atoms with Gasteiger partial charge < -0.3 is 10.2 Å². The van der Waals surface area contributed by atoms with Gasteiger partial charge in [0.05, 0.1) is 0 Å². The third-order valence-electron chi connectivity index (χ3n) is 6.10. The van der Waals surface area contributed by atoms with E-state index < -0.39 is 0 Å². The normalized spacial score (nSPS) is 15.7. The molecule has 4 nitrogen and oxygen atoms in total. The van der Waals surface area contributed by atoms with Gasteiger partial charge in [-0.25, -0.2) is 0 Å². The third kappa shape index (κ3) is 4.94. The Bertz CT molecular complexity index is 817. The van der Waals surface area contributed by atoms with Crippen LogP contribution in [0.2, 0.25) is 0 Å². The van der Waals surface area contributed by atoms with Crippen LogP contribution in [0.5, 0.6) is 0 Å². The summed E-state index contributed by atoms with van der Waals surface area (Å²) < 4.78 is 0. The molecule has 1 aliphatic heterocycles. The molecule has 0 radical (unpaired) electrons. The lowest BCUT2D eigenvalue weighted by molar-refractivity contribution is 0.0772. The molecule has 1 amide bonds. The van der Waals surface area contributed by atoms with Crippen LogP contribution >= 0.6 is 0 Å². The van der Waals surface area contributed by atoms with Gasteiger partial charge in [0.2, 0.25) is 0 Å². The van der Waals surface area contributed by atoms with Crippen molar-refractivity contribution in [2.45, 2.75) is 39.5 Å². The number of rotatable bonds is 7. The Kier molecular flexibility index (Phi) is 7.21. The summed E-state index contributed by atoms with van der Waals surface area (Å²) in [6, 6.07) is 16.2. The standard InChI is InChI=1S/C25H32N2O2/c1-4-27(5-2)25(29)23-12-10-21(11-13-23)24(22-14-16-26-17-15-22)20-8-6-19(7-9-20)18(3)28/h6-13,22,24,26H,4-5,14-17H2,1-3H3. The van der Waals surface area contributed by atoms with Gasteiger partial charge in [-0.2, -0.15) is 0 Å². The van der Waals surface area contributed by atoms with Crippen molar-refractivity contribution in [2.24, 2.45) is 5.92 Å². The molecule has 0 aliphatic carbocycles. The zero-order valence-electron chi connectivity index (χ0n) is 17.8. The summed E-state index contributed by atoms with van der Waals surface area (Å²) in [5, 5.41) is 3.45. The highest BCUT2D eigenvalue weighted by atomic mass is 16.2. The monoisotopic (exact) mass is 392 g/mol. The molecule has 0 spiro atoms. The number of hydrogen-bond acceptors (Lipinski definition) is 3. The fourth-order valence-corrected chi connectivity index (χ4v) is 4.37. The molecule has 154 valence electrons. The number of amides is 1. The van der Waals surface area contributed by atoms with Gasteiger partial charge in [0, 0.05) is 30.1 Å². The number of nitrogens with one attached hydrogen (secondary N) is 1. The second-order valence-corrected chi connectivity index (χ2v) is 7.84. The fraction of sp³-hybridized carbons (Fsp3) is 0.440. The van der Waals surface area contributed by atoms with Crippen LogP contribution in [-0.2, 0) is 0 Å². The molecule has 1 N–H and O–H groups in total. The van der Waals surface area contributed by atoms with Crippen molar-refractivity contribution in [3.8, 4) is 0 Å². The first-order valence-electron chi connectivity index (χ1n) is 10.8. The van der Waals surface area contributed by atoms with Crippen LogP contribution in [0.25, 0.3) is 0 Å². The largest absolute Gasteiger partial charge is 0.339 e. The number of piperidine rings is 1. The predicted molar refractivity (Wildman–Crippen MR) is 118 cm³/mol. The van der Waals surface area contributed by atoms with Gasteiger partial charge in [-0.15, -0.1) is 0 Å². The lowest BCUT2D eigenvalue weighted by atomic mass is 9.76. The van der Waals surface area contributed by atoms with E-state index in [1.54, 1.807) is 6.92 Å². The Hall–Kier alpha value is -2.46. The highest BCUT2D eigenvalue weighted by Crippen LogP contribution is 2.37. The minimum absolute atomic E-state index is 0.0887. The maximum Gasteiger partial charge on any atom is 0.253 e. The van der Waals surface area contributed by atoms with E-state index in [2.05, 4.69) is 29.6 Å². The molecule has 0 bridgehead atoms. The average Bonchev–Trinajstić information content (AvgIpc) is 2.76. The molecule has 1 heterocycles. The van der Waals surface area contributed by atoms with Crippen molar-refractivity contribution in [1.29, 1.82) is 0 Å². The van der Waals surface area contributed by atoms with Gasteiger partial charge in [-0.3, -0.25) is 9.59 Å². The zero-order chi connectivity index (χ0) is 20.8. The molecule has 1 saturated heterocycles. The van der Waals surface area contributed by atoms with Crippen molar-refractivity contribution in [2.75, 3.05) is 26.2 Å². The molecule has 2 aromatic rings. The minimum Gasteiger partial charge on any atom is -0.339 e. The smallest absolute Gasteiger partial charge is 0.253 e. The van der Waals surface area contributed by atoms with Gasteiger partial charge in [-0.1, -0.05) is 36.4 Å². The fourth-order valence-electron chi connectivity index (χ4n) is 4.37. The highest BCUT2D eigenvalue weighted by molar-refractivity contribution is 5.94. The maximum absolute atomic E-state index is 12.6. The van der Waals surface area contributed by atoms with E-state index in [-0.39, 0.29) is 17.6 Å². The van der Waals surface area contributed by atoms with Gasteiger partial charge >= 0.3 is 0 Å². The van der Waals surface area contributed by atoms with Crippen LogP contribution in [0.15, 0.2) is 48.5 Å². The summed E-state index contributed by atoms with van der Waals surface area (Å²) in [5.41, 5.74) is 3.97. The Morgan fingerprint density at radius 1 is 0.897 bits per heavy atom. The summed E-state index contributed by atoms with van der Waals surface area (Å²) in [7, 11) is 0. The summed E-state index contributed by atoms with van der Waals surface area (Å²) in [6.07, 6.45) is 2.25. The van der Waals surface area contributed by atoms with Gasteiger partial charge in [0.25, 0.3) is 5.91 Å². The van der Waals surface area contributed by atoms with Crippen LogP contribution in [0.3, 0.4) is 0 Å². The van der Waals surface area contributed by atoms with E-state index in [0.29, 0.717) is 5.92 Å². The van der Waals surface area contributed by atoms with Gasteiger partial charge in [-0.05, 0) is 75.9 Å². The number of carbonyl (C=O) groups excluding carboxylic acids is 2. The second kappa shape index (κ2) is 9.84. The molecule has 1 unspecified atom stereocenters. The summed E-state index contributed by atoms with van der Waals surface area (Å²) in [6.45, 7) is 9.12. The van der Waals surface area contributed by atoms with Crippen LogP contribution in [0.4, 0.5) is 0 Å². The van der Waals surface area contributed by atoms with Gasteiger partial charge in [0.1, 0.15) is 0 Å². The Morgan fingerprint density at radius 2 is 1.38 bits per heavy atom. The first-order valence-corrected chi connectivity index (χ1v) is 10.8. The number of nitrogens with zero attached hydrogens (tertiary/aromatic N) is 1. The van der Waals surface area contributed by atoms with Crippen LogP contribution < -0.4 is 5.32 Å². The number of Topliss-reactive ketones (excluding diaryl/α,β-unsaturated/α-hetero) is 1. The Morgan fingerprint density at radius 3 is 1.83 bits per heavy atom. The minimum atomic E-state index is 0.0887. The summed E-state index contributed by atoms with van der Waals surface area (Å²) >= 11 is 0.